The fraction of sp³-hybridized carbons (Fsp3) is 0.111. The maximum Gasteiger partial charge on any atom is 0.433 e. The Kier molecular flexibility index (Phi) is 6.92. The van der Waals surface area contributed by atoms with Crippen molar-refractivity contribution in [2.45, 2.75) is 13.0 Å². The zero-order chi connectivity index (χ0) is 26.0. The second-order valence-corrected chi connectivity index (χ2v) is 7.93. The second kappa shape index (κ2) is 9.93. The van der Waals surface area contributed by atoms with E-state index in [-0.39, 0.29) is 11.1 Å². The maximum atomic E-state index is 14.4. The molecule has 9 heteroatoms. The summed E-state index contributed by atoms with van der Waals surface area (Å²) < 4.78 is 107. The predicted octanol–water partition coefficient (Wildman–Crippen LogP) is 8.08. The van der Waals surface area contributed by atoms with Crippen molar-refractivity contribution < 1.29 is 40.2 Å². The number of hydrogen-bond donors (Lipinski definition) is 0. The quantitative estimate of drug-likeness (QED) is 0.186. The molecule has 0 heterocycles. The van der Waals surface area contributed by atoms with Gasteiger partial charge in [-0.15, -0.1) is 0 Å². The molecule has 0 fully saturated rings. The lowest BCUT2D eigenvalue weighted by molar-refractivity contribution is -0.195. The van der Waals surface area contributed by atoms with Crippen molar-refractivity contribution in [2.24, 2.45) is 0 Å². The zero-order valence-corrected chi connectivity index (χ0v) is 18.6. The van der Waals surface area contributed by atoms with Gasteiger partial charge in [-0.1, -0.05) is 35.9 Å². The number of alkyl halides is 2. The smallest absolute Gasteiger partial charge is 0.433 e. The molecule has 0 saturated heterocycles. The number of aryl methyl sites for hydroxylation is 1. The monoisotopic (exact) mass is 506 g/mol. The number of ether oxygens (including phenoxy) is 2. The summed E-state index contributed by atoms with van der Waals surface area (Å²) in [5.74, 6) is -7.86. The summed E-state index contributed by atoms with van der Waals surface area (Å²) >= 11 is 0. The molecule has 0 atom stereocenters. The highest BCUT2D eigenvalue weighted by Crippen LogP contribution is 2.32. The molecule has 0 bridgehead atoms. The fourth-order valence-electron chi connectivity index (χ4n) is 3.41. The normalized spacial score (nSPS) is 11.4. The van der Waals surface area contributed by atoms with E-state index in [2.05, 4.69) is 4.74 Å². The van der Waals surface area contributed by atoms with Gasteiger partial charge in [0.1, 0.15) is 11.6 Å². The molecule has 0 saturated carbocycles. The zero-order valence-electron chi connectivity index (χ0n) is 18.6. The van der Waals surface area contributed by atoms with E-state index in [0.29, 0.717) is 23.8 Å². The van der Waals surface area contributed by atoms with Crippen LogP contribution in [-0.4, -0.2) is 12.7 Å². The summed E-state index contributed by atoms with van der Waals surface area (Å²) in [5.41, 5.74) is 1.58. The average molecular weight is 506 g/mol. The van der Waals surface area contributed by atoms with Crippen molar-refractivity contribution in [3.05, 3.63) is 107 Å². The molecule has 0 N–H and O–H groups in total. The van der Waals surface area contributed by atoms with Crippen molar-refractivity contribution in [3.63, 3.8) is 0 Å². The largest absolute Gasteiger partial charge is 0.480 e. The molecule has 186 valence electrons. The van der Waals surface area contributed by atoms with Crippen molar-refractivity contribution in [1.29, 1.82) is 0 Å². The molecule has 2 nitrogen and oxygen atoms in total. The Balaban J connectivity index is 1.44. The van der Waals surface area contributed by atoms with E-state index in [0.717, 1.165) is 29.3 Å². The minimum atomic E-state index is -3.98. The lowest BCUT2D eigenvalue weighted by atomic mass is 10.0. The SMILES string of the molecule is Cc1ccc(-c2ccc(OCC(F)(F)Oc3ccc(-c4cc(F)c(F)c(F)c4)c(F)c3)c(F)c2)cc1. The first-order valence-corrected chi connectivity index (χ1v) is 10.5. The third-order valence-corrected chi connectivity index (χ3v) is 5.22. The molecule has 0 unspecified atom stereocenters. The minimum absolute atomic E-state index is 0.338. The van der Waals surface area contributed by atoms with E-state index >= 15 is 0 Å². The standard InChI is InChI=1S/C27H17F7O2/c1-15-2-4-16(5-3-15)17-6-9-25(22(29)10-17)35-14-27(33,34)36-19-7-8-20(21(28)13-19)18-11-23(30)26(32)24(31)12-18/h2-13H,14H2,1H3. The fourth-order valence-corrected chi connectivity index (χ4v) is 3.41. The van der Waals surface area contributed by atoms with Crippen LogP contribution in [0.25, 0.3) is 22.3 Å². The summed E-state index contributed by atoms with van der Waals surface area (Å²) in [7, 11) is 0. The molecule has 36 heavy (non-hydrogen) atoms. The Bertz CT molecular complexity index is 1380. The van der Waals surface area contributed by atoms with Gasteiger partial charge in [0.25, 0.3) is 0 Å². The lowest BCUT2D eigenvalue weighted by Gasteiger charge is -2.19. The third-order valence-electron chi connectivity index (χ3n) is 5.22. The lowest BCUT2D eigenvalue weighted by Crippen LogP contribution is -2.32. The van der Waals surface area contributed by atoms with Gasteiger partial charge in [-0.25, -0.2) is 22.0 Å². The highest BCUT2D eigenvalue weighted by atomic mass is 19.3. The summed E-state index contributed by atoms with van der Waals surface area (Å²) in [6.07, 6.45) is -3.98. The van der Waals surface area contributed by atoms with E-state index < -0.39 is 53.3 Å². The van der Waals surface area contributed by atoms with Crippen LogP contribution in [-0.2, 0) is 0 Å². The Morgan fingerprint density at radius 2 is 1.25 bits per heavy atom. The van der Waals surface area contributed by atoms with Crippen LogP contribution in [0.2, 0.25) is 0 Å². The number of halogens is 7. The minimum Gasteiger partial charge on any atom is -0.480 e. The molecule has 0 spiro atoms. The van der Waals surface area contributed by atoms with Crippen LogP contribution in [0.5, 0.6) is 11.5 Å². The van der Waals surface area contributed by atoms with E-state index in [1.165, 1.54) is 12.1 Å². The van der Waals surface area contributed by atoms with Gasteiger partial charge in [-0.3, -0.25) is 0 Å². The van der Waals surface area contributed by atoms with E-state index in [1.54, 1.807) is 12.1 Å². The van der Waals surface area contributed by atoms with E-state index in [1.807, 2.05) is 19.1 Å². The first-order valence-electron chi connectivity index (χ1n) is 10.5. The third kappa shape index (κ3) is 5.62. The predicted molar refractivity (Wildman–Crippen MR) is 119 cm³/mol. The molecule has 0 aliphatic carbocycles. The molecular formula is C27H17F7O2. The molecule has 0 radical (unpaired) electrons. The number of hydrogen-bond acceptors (Lipinski definition) is 2. The Morgan fingerprint density at radius 3 is 1.86 bits per heavy atom. The van der Waals surface area contributed by atoms with Gasteiger partial charge in [0, 0.05) is 11.6 Å². The van der Waals surface area contributed by atoms with Crippen LogP contribution >= 0.6 is 0 Å². The summed E-state index contributed by atoms with van der Waals surface area (Å²) in [4.78, 5) is 0. The van der Waals surface area contributed by atoms with Crippen molar-refractivity contribution in [3.8, 4) is 33.8 Å². The van der Waals surface area contributed by atoms with Crippen molar-refractivity contribution >= 4 is 0 Å². The van der Waals surface area contributed by atoms with Gasteiger partial charge in [-0.2, -0.15) is 8.78 Å². The molecule has 0 aliphatic heterocycles. The van der Waals surface area contributed by atoms with Crippen LogP contribution in [0.1, 0.15) is 5.56 Å². The first-order chi connectivity index (χ1) is 17.0. The van der Waals surface area contributed by atoms with Crippen LogP contribution in [0, 0.1) is 36.0 Å². The molecule has 4 aromatic rings. The van der Waals surface area contributed by atoms with Crippen LogP contribution in [0.4, 0.5) is 30.7 Å². The van der Waals surface area contributed by atoms with Gasteiger partial charge in [0.2, 0.25) is 0 Å². The molecule has 0 aliphatic rings. The summed E-state index contributed by atoms with van der Waals surface area (Å²) in [6, 6.07) is 14.7. The van der Waals surface area contributed by atoms with Crippen LogP contribution < -0.4 is 9.47 Å². The molecule has 0 amide bonds. The Labute approximate surface area is 201 Å². The second-order valence-electron chi connectivity index (χ2n) is 7.93. The Hall–Kier alpha value is -4.01. The Morgan fingerprint density at radius 1 is 0.639 bits per heavy atom. The summed E-state index contributed by atoms with van der Waals surface area (Å²) in [6.45, 7) is 0.519. The van der Waals surface area contributed by atoms with Gasteiger partial charge in [-0.05, 0) is 60.0 Å². The first kappa shape index (κ1) is 25.1. The summed E-state index contributed by atoms with van der Waals surface area (Å²) in [5, 5.41) is 0. The molecule has 4 rings (SSSR count). The van der Waals surface area contributed by atoms with Gasteiger partial charge < -0.3 is 9.47 Å². The van der Waals surface area contributed by atoms with Crippen molar-refractivity contribution in [1.82, 2.24) is 0 Å². The van der Waals surface area contributed by atoms with E-state index in [4.69, 9.17) is 4.74 Å². The van der Waals surface area contributed by atoms with Gasteiger partial charge in [0.05, 0.1) is 0 Å². The molecule has 0 aromatic heterocycles. The molecule has 4 aromatic carbocycles. The highest BCUT2D eigenvalue weighted by molar-refractivity contribution is 5.66. The van der Waals surface area contributed by atoms with Crippen LogP contribution in [0.3, 0.4) is 0 Å². The van der Waals surface area contributed by atoms with Gasteiger partial charge in [0.15, 0.2) is 35.6 Å². The van der Waals surface area contributed by atoms with Gasteiger partial charge >= 0.3 is 6.11 Å². The highest BCUT2D eigenvalue weighted by Gasteiger charge is 2.34. The maximum absolute atomic E-state index is 14.4. The van der Waals surface area contributed by atoms with Crippen LogP contribution in [0.15, 0.2) is 72.8 Å². The topological polar surface area (TPSA) is 18.5 Å². The molecular weight excluding hydrogens is 489 g/mol. The van der Waals surface area contributed by atoms with E-state index in [9.17, 15) is 30.7 Å². The average Bonchev–Trinajstić information content (AvgIpc) is 2.82. The number of benzene rings is 4. The van der Waals surface area contributed by atoms with Crippen molar-refractivity contribution in [2.75, 3.05) is 6.61 Å². The number of rotatable bonds is 7.